The van der Waals surface area contributed by atoms with Crippen LogP contribution in [-0.2, 0) is 0 Å². The highest BCUT2D eigenvalue weighted by Crippen LogP contribution is 2.19. The molecule has 0 fully saturated rings. The largest absolute Gasteiger partial charge is 0.276 e. The Balaban J connectivity index is 2.09. The van der Waals surface area contributed by atoms with Gasteiger partial charge in [-0.05, 0) is 18.2 Å². The van der Waals surface area contributed by atoms with Gasteiger partial charge in [0.1, 0.15) is 11.4 Å². The molecule has 0 bridgehead atoms. The van der Waals surface area contributed by atoms with Crippen LogP contribution in [0.5, 0.6) is 0 Å². The molecule has 3 aromatic rings. The molecule has 0 aliphatic carbocycles. The standard InChI is InChI=1S/C11H7F2N5/c12-7-2-1-3-8(13)11(7)18-6-10(16-17-18)9-4-5-14-15-9/h1-6H,(H,14,15). The van der Waals surface area contributed by atoms with Crippen LogP contribution in [0.1, 0.15) is 0 Å². The molecule has 1 N–H and O–H groups in total. The van der Waals surface area contributed by atoms with Gasteiger partial charge in [0, 0.05) is 6.20 Å². The summed E-state index contributed by atoms with van der Waals surface area (Å²) in [6, 6.07) is 5.30. The number of hydrogen-bond acceptors (Lipinski definition) is 3. The molecule has 0 saturated heterocycles. The molecule has 0 unspecified atom stereocenters. The summed E-state index contributed by atoms with van der Waals surface area (Å²) >= 11 is 0. The molecule has 0 aliphatic rings. The third-order valence-electron chi connectivity index (χ3n) is 2.44. The molecule has 3 rings (SSSR count). The molecule has 90 valence electrons. The monoisotopic (exact) mass is 247 g/mol. The zero-order valence-electron chi connectivity index (χ0n) is 9.01. The van der Waals surface area contributed by atoms with Gasteiger partial charge in [-0.25, -0.2) is 13.5 Å². The van der Waals surface area contributed by atoms with E-state index >= 15 is 0 Å². The van der Waals surface area contributed by atoms with Gasteiger partial charge in [0.2, 0.25) is 0 Å². The summed E-state index contributed by atoms with van der Waals surface area (Å²) in [5.41, 5.74) is 0.823. The van der Waals surface area contributed by atoms with Crippen LogP contribution in [-0.4, -0.2) is 25.2 Å². The molecule has 0 atom stereocenters. The van der Waals surface area contributed by atoms with Crippen molar-refractivity contribution in [2.75, 3.05) is 0 Å². The highest BCUT2D eigenvalue weighted by molar-refractivity contribution is 5.52. The first-order valence-electron chi connectivity index (χ1n) is 5.12. The summed E-state index contributed by atoms with van der Waals surface area (Å²) in [6.07, 6.45) is 2.98. The fourth-order valence-electron chi connectivity index (χ4n) is 1.60. The predicted octanol–water partition coefficient (Wildman–Crippen LogP) is 1.94. The number of para-hydroxylation sites is 1. The Hall–Kier alpha value is -2.57. The van der Waals surface area contributed by atoms with Gasteiger partial charge < -0.3 is 0 Å². The number of rotatable bonds is 2. The number of hydrogen-bond donors (Lipinski definition) is 1. The second kappa shape index (κ2) is 4.02. The van der Waals surface area contributed by atoms with E-state index in [9.17, 15) is 8.78 Å². The Labute approximate surface area is 100 Å². The average Bonchev–Trinajstić information content (AvgIpc) is 2.99. The molecule has 0 aliphatic heterocycles. The van der Waals surface area contributed by atoms with Crippen molar-refractivity contribution in [2.24, 2.45) is 0 Å². The normalized spacial score (nSPS) is 10.8. The maximum atomic E-state index is 13.5. The quantitative estimate of drug-likeness (QED) is 0.752. The van der Waals surface area contributed by atoms with Crippen LogP contribution < -0.4 is 0 Å². The molecule has 2 heterocycles. The lowest BCUT2D eigenvalue weighted by molar-refractivity contribution is 0.556. The van der Waals surface area contributed by atoms with Gasteiger partial charge in [-0.3, -0.25) is 5.10 Å². The number of aromatic nitrogens is 5. The van der Waals surface area contributed by atoms with Crippen molar-refractivity contribution < 1.29 is 8.78 Å². The Kier molecular flexibility index (Phi) is 2.36. The first-order chi connectivity index (χ1) is 8.75. The van der Waals surface area contributed by atoms with Crippen molar-refractivity contribution in [2.45, 2.75) is 0 Å². The van der Waals surface area contributed by atoms with Gasteiger partial charge >= 0.3 is 0 Å². The molecule has 0 radical (unpaired) electrons. The fraction of sp³-hybridized carbons (Fsp3) is 0. The number of aromatic amines is 1. The van der Waals surface area contributed by atoms with Crippen molar-refractivity contribution in [1.29, 1.82) is 0 Å². The van der Waals surface area contributed by atoms with E-state index in [1.165, 1.54) is 12.3 Å². The van der Waals surface area contributed by atoms with Gasteiger partial charge in [0.25, 0.3) is 0 Å². The third kappa shape index (κ3) is 1.65. The smallest absolute Gasteiger partial charge is 0.151 e. The predicted molar refractivity (Wildman–Crippen MR) is 58.9 cm³/mol. The lowest BCUT2D eigenvalue weighted by Gasteiger charge is -2.02. The molecule has 5 nitrogen and oxygen atoms in total. The molecular weight excluding hydrogens is 240 g/mol. The van der Waals surface area contributed by atoms with E-state index in [2.05, 4.69) is 20.5 Å². The molecule has 18 heavy (non-hydrogen) atoms. The van der Waals surface area contributed by atoms with E-state index in [1.54, 1.807) is 12.3 Å². The van der Waals surface area contributed by atoms with E-state index in [0.29, 0.717) is 11.4 Å². The first-order valence-corrected chi connectivity index (χ1v) is 5.12. The van der Waals surface area contributed by atoms with E-state index in [0.717, 1.165) is 16.8 Å². The SMILES string of the molecule is Fc1cccc(F)c1-n1cc(-c2ccn[nH]2)nn1. The van der Waals surface area contributed by atoms with Crippen LogP contribution in [0.2, 0.25) is 0 Å². The van der Waals surface area contributed by atoms with Crippen LogP contribution >= 0.6 is 0 Å². The minimum absolute atomic E-state index is 0.254. The molecule has 7 heteroatoms. The van der Waals surface area contributed by atoms with E-state index < -0.39 is 11.6 Å². The summed E-state index contributed by atoms with van der Waals surface area (Å²) in [6.45, 7) is 0. The van der Waals surface area contributed by atoms with E-state index in [1.807, 2.05) is 0 Å². The Morgan fingerprint density at radius 3 is 2.56 bits per heavy atom. The number of nitrogens with one attached hydrogen (secondary N) is 1. The number of halogens is 2. The second-order valence-electron chi connectivity index (χ2n) is 3.59. The Bertz CT molecular complexity index is 654. The van der Waals surface area contributed by atoms with Gasteiger partial charge in [0.05, 0.1) is 11.9 Å². The van der Waals surface area contributed by atoms with Crippen molar-refractivity contribution >= 4 is 0 Å². The Morgan fingerprint density at radius 2 is 1.89 bits per heavy atom. The minimum atomic E-state index is -0.698. The van der Waals surface area contributed by atoms with Gasteiger partial charge in [-0.2, -0.15) is 5.10 Å². The fourth-order valence-corrected chi connectivity index (χ4v) is 1.60. The second-order valence-corrected chi connectivity index (χ2v) is 3.59. The summed E-state index contributed by atoms with van der Waals surface area (Å²) in [4.78, 5) is 0. The highest BCUT2D eigenvalue weighted by Gasteiger charge is 2.13. The summed E-state index contributed by atoms with van der Waals surface area (Å²) < 4.78 is 28.1. The molecule has 0 amide bonds. The first kappa shape index (κ1) is 10.6. The van der Waals surface area contributed by atoms with Crippen LogP contribution in [0.3, 0.4) is 0 Å². The van der Waals surface area contributed by atoms with Crippen molar-refractivity contribution in [3.63, 3.8) is 0 Å². The topological polar surface area (TPSA) is 59.4 Å². The Morgan fingerprint density at radius 1 is 1.11 bits per heavy atom. The van der Waals surface area contributed by atoms with Crippen LogP contribution in [0.4, 0.5) is 8.78 Å². The van der Waals surface area contributed by atoms with Crippen molar-refractivity contribution in [3.8, 4) is 17.1 Å². The van der Waals surface area contributed by atoms with Gasteiger partial charge in [-0.15, -0.1) is 5.10 Å². The average molecular weight is 247 g/mol. The lowest BCUT2D eigenvalue weighted by atomic mass is 10.3. The maximum Gasteiger partial charge on any atom is 0.151 e. The minimum Gasteiger partial charge on any atom is -0.276 e. The molecule has 0 saturated carbocycles. The summed E-state index contributed by atoms with van der Waals surface area (Å²) in [7, 11) is 0. The third-order valence-corrected chi connectivity index (χ3v) is 2.44. The maximum absolute atomic E-state index is 13.5. The van der Waals surface area contributed by atoms with Gasteiger partial charge in [0.15, 0.2) is 11.6 Å². The molecular formula is C11H7F2N5. The van der Waals surface area contributed by atoms with E-state index in [4.69, 9.17) is 0 Å². The van der Waals surface area contributed by atoms with E-state index in [-0.39, 0.29) is 5.69 Å². The van der Waals surface area contributed by atoms with Crippen molar-refractivity contribution in [1.82, 2.24) is 25.2 Å². The zero-order valence-corrected chi connectivity index (χ0v) is 9.01. The highest BCUT2D eigenvalue weighted by atomic mass is 19.1. The van der Waals surface area contributed by atoms with Crippen molar-refractivity contribution in [3.05, 3.63) is 48.3 Å². The summed E-state index contributed by atoms with van der Waals surface area (Å²) in [5.74, 6) is -1.40. The molecule has 1 aromatic carbocycles. The van der Waals surface area contributed by atoms with Gasteiger partial charge in [-0.1, -0.05) is 11.3 Å². The van der Waals surface area contributed by atoms with Crippen LogP contribution in [0.15, 0.2) is 36.7 Å². The number of benzene rings is 1. The van der Waals surface area contributed by atoms with Crippen LogP contribution in [0.25, 0.3) is 17.1 Å². The number of H-pyrrole nitrogens is 1. The lowest BCUT2D eigenvalue weighted by Crippen LogP contribution is -2.01. The number of nitrogens with zero attached hydrogens (tertiary/aromatic N) is 4. The zero-order chi connectivity index (χ0) is 12.5. The summed E-state index contributed by atoms with van der Waals surface area (Å²) in [5, 5.41) is 14.0. The van der Waals surface area contributed by atoms with Crippen LogP contribution in [0, 0.1) is 11.6 Å². The molecule has 0 spiro atoms. The molecule has 2 aromatic heterocycles.